The molecule has 4 aliphatic rings. The van der Waals surface area contributed by atoms with Crippen LogP contribution in [-0.2, 0) is 20.8 Å². The fourth-order valence-electron chi connectivity index (χ4n) is 7.26. The zero-order valence-corrected chi connectivity index (χ0v) is 25.7. The van der Waals surface area contributed by atoms with Crippen molar-refractivity contribution in [2.75, 3.05) is 33.3 Å². The number of aliphatic hydroxyl groups excluding tert-OH is 1. The van der Waals surface area contributed by atoms with E-state index in [4.69, 9.17) is 27.9 Å². The van der Waals surface area contributed by atoms with E-state index in [-0.39, 0.29) is 55.1 Å². The van der Waals surface area contributed by atoms with E-state index in [1.807, 2.05) is 0 Å². The molecule has 2 aliphatic carbocycles. The van der Waals surface area contributed by atoms with Gasteiger partial charge in [-0.25, -0.2) is 14.6 Å². The Balaban J connectivity index is 1.56. The Labute approximate surface area is 259 Å². The van der Waals surface area contributed by atoms with Gasteiger partial charge in [0.15, 0.2) is 0 Å². The van der Waals surface area contributed by atoms with Crippen LogP contribution in [0.1, 0.15) is 62.6 Å². The summed E-state index contributed by atoms with van der Waals surface area (Å²) in [6.07, 6.45) is -0.540. The summed E-state index contributed by atoms with van der Waals surface area (Å²) in [6, 6.07) is 2.37. The van der Waals surface area contributed by atoms with Crippen molar-refractivity contribution in [2.45, 2.75) is 70.4 Å². The Kier molecular flexibility index (Phi) is 8.78. The number of likely N-dealkylation sites (tertiary alicyclic amines) is 1. The van der Waals surface area contributed by atoms with Gasteiger partial charge in [-0.2, -0.15) is 0 Å². The van der Waals surface area contributed by atoms with Crippen molar-refractivity contribution >= 4 is 29.4 Å². The van der Waals surface area contributed by atoms with Crippen LogP contribution in [-0.4, -0.2) is 88.6 Å². The zero-order valence-electron chi connectivity index (χ0n) is 24.9. The van der Waals surface area contributed by atoms with E-state index in [0.717, 1.165) is 17.9 Å². The second-order valence-electron chi connectivity index (χ2n) is 13.0. The van der Waals surface area contributed by atoms with E-state index >= 15 is 0 Å². The van der Waals surface area contributed by atoms with Crippen LogP contribution in [0.4, 0.5) is 8.78 Å². The number of fused-ring (bicyclic) bond motifs is 1. The first-order valence-electron chi connectivity index (χ1n) is 14.9. The number of carbonyl (C=O) groups is 3. The molecule has 6 N–H and O–H groups in total. The number of aliphatic hydroxyl groups is 1. The Morgan fingerprint density at radius 1 is 1.27 bits per heavy atom. The maximum absolute atomic E-state index is 14.4. The number of nitrogens with two attached hydrogens (primary N) is 2. The Morgan fingerprint density at radius 2 is 1.98 bits per heavy atom. The molecule has 0 radical (unpaired) electrons. The second kappa shape index (κ2) is 12.0. The number of carboxylic acids is 1. The van der Waals surface area contributed by atoms with Gasteiger partial charge in [0.05, 0.1) is 29.2 Å². The molecule has 2 saturated carbocycles. The number of halogens is 3. The lowest BCUT2D eigenvalue weighted by molar-refractivity contribution is -0.170. The third kappa shape index (κ3) is 5.81. The van der Waals surface area contributed by atoms with Crippen LogP contribution < -0.4 is 16.3 Å². The van der Waals surface area contributed by atoms with E-state index in [1.54, 1.807) is 17.0 Å². The van der Waals surface area contributed by atoms with Crippen LogP contribution in [0.15, 0.2) is 23.5 Å². The predicted octanol–water partition coefficient (Wildman–Crippen LogP) is 2.65. The molecule has 44 heavy (non-hydrogen) atoms. The Hall–Kier alpha value is -3.16. The molecule has 0 aromatic heterocycles. The summed E-state index contributed by atoms with van der Waals surface area (Å²) in [5.74, 6) is 2.86. The first-order chi connectivity index (χ1) is 20.7. The highest BCUT2D eigenvalue weighted by Gasteiger charge is 2.55. The van der Waals surface area contributed by atoms with Crippen LogP contribution >= 0.6 is 11.6 Å². The summed E-state index contributed by atoms with van der Waals surface area (Å²) in [4.78, 5) is 43.2. The fourth-order valence-corrected chi connectivity index (χ4v) is 7.52. The van der Waals surface area contributed by atoms with Gasteiger partial charge in [0.25, 0.3) is 6.43 Å². The fraction of sp³-hybridized carbons (Fsp3) is 0.633. The van der Waals surface area contributed by atoms with E-state index in [1.165, 1.54) is 18.9 Å². The molecule has 2 heterocycles. The van der Waals surface area contributed by atoms with Crippen molar-refractivity contribution in [3.63, 3.8) is 0 Å². The molecule has 11 nitrogen and oxygen atoms in total. The highest BCUT2D eigenvalue weighted by Crippen LogP contribution is 2.54. The number of rotatable bonds is 9. The van der Waals surface area contributed by atoms with Gasteiger partial charge >= 0.3 is 5.97 Å². The van der Waals surface area contributed by atoms with Crippen LogP contribution in [0.25, 0.3) is 0 Å². The second-order valence-corrected chi connectivity index (χ2v) is 13.4. The van der Waals surface area contributed by atoms with E-state index in [0.29, 0.717) is 35.5 Å². The molecular formula is C30H40ClF2N5O6. The highest BCUT2D eigenvalue weighted by molar-refractivity contribution is 6.31. The number of allylic oxidation sites excluding steroid dienone is 1. The van der Waals surface area contributed by atoms with Gasteiger partial charge in [-0.1, -0.05) is 11.6 Å². The molecule has 2 amide bonds. The average Bonchev–Trinajstić information content (AvgIpc) is 3.62. The van der Waals surface area contributed by atoms with Gasteiger partial charge in [0, 0.05) is 43.7 Å². The summed E-state index contributed by atoms with van der Waals surface area (Å²) in [5.41, 5.74) is 4.70. The molecule has 3 unspecified atom stereocenters. The minimum atomic E-state index is -2.95. The van der Waals surface area contributed by atoms with Crippen molar-refractivity contribution in [3.8, 4) is 5.75 Å². The van der Waals surface area contributed by atoms with Crippen LogP contribution in [0.2, 0.25) is 5.02 Å². The largest absolute Gasteiger partial charge is 0.487 e. The third-order valence-electron chi connectivity index (χ3n) is 9.93. The molecule has 3 fully saturated rings. The molecule has 1 aromatic carbocycles. The molecule has 0 bridgehead atoms. The summed E-state index contributed by atoms with van der Waals surface area (Å²) in [7, 11) is 1.24. The summed E-state index contributed by atoms with van der Waals surface area (Å²) in [6.45, 7) is 1.85. The maximum atomic E-state index is 14.4. The first-order valence-corrected chi connectivity index (χ1v) is 15.3. The minimum Gasteiger partial charge on any atom is -0.487 e. The number of carboxylic acid groups (broad SMARTS) is 1. The lowest BCUT2D eigenvalue weighted by Gasteiger charge is -2.46. The van der Waals surface area contributed by atoms with E-state index in [2.05, 4.69) is 0 Å². The summed E-state index contributed by atoms with van der Waals surface area (Å²) < 4.78 is 33.3. The number of hydrogen-bond acceptors (Lipinski definition) is 8. The van der Waals surface area contributed by atoms with E-state index in [9.17, 15) is 33.4 Å². The number of ether oxygens (including phenoxy) is 1. The van der Waals surface area contributed by atoms with E-state index < -0.39 is 54.1 Å². The van der Waals surface area contributed by atoms with Crippen molar-refractivity contribution in [3.05, 3.63) is 39.7 Å². The Morgan fingerprint density at radius 3 is 2.57 bits per heavy atom. The van der Waals surface area contributed by atoms with Crippen molar-refractivity contribution in [1.29, 1.82) is 0 Å². The first kappa shape index (κ1) is 32.2. The number of carbonyl (C=O) groups excluding carboxylic acids is 2. The van der Waals surface area contributed by atoms with Crippen molar-refractivity contribution in [1.82, 2.24) is 14.8 Å². The third-order valence-corrected chi connectivity index (χ3v) is 10.3. The lowest BCUT2D eigenvalue weighted by Crippen LogP contribution is -2.56. The molecular weight excluding hydrogens is 600 g/mol. The molecule has 4 atom stereocenters. The molecule has 242 valence electrons. The van der Waals surface area contributed by atoms with Gasteiger partial charge < -0.3 is 35.5 Å². The zero-order chi connectivity index (χ0) is 32.1. The molecule has 1 spiro atoms. The number of benzene rings is 1. The normalized spacial score (nSPS) is 28.2. The number of aliphatic carboxylic acids is 1. The number of amides is 2. The summed E-state index contributed by atoms with van der Waals surface area (Å²) in [5, 5.41) is 22.3. The predicted molar refractivity (Wildman–Crippen MR) is 156 cm³/mol. The Bertz CT molecular complexity index is 1360. The van der Waals surface area contributed by atoms with Gasteiger partial charge in [0.2, 0.25) is 11.8 Å². The summed E-state index contributed by atoms with van der Waals surface area (Å²) >= 11 is 6.65. The van der Waals surface area contributed by atoms with Gasteiger partial charge in [0.1, 0.15) is 18.1 Å². The number of hydrazine groups is 1. The van der Waals surface area contributed by atoms with Crippen LogP contribution in [0.5, 0.6) is 5.75 Å². The molecule has 14 heteroatoms. The number of hydrogen-bond donors (Lipinski definition) is 4. The topological polar surface area (TPSA) is 163 Å². The van der Waals surface area contributed by atoms with Gasteiger partial charge in [-0.05, 0) is 68.6 Å². The quantitative estimate of drug-likeness (QED) is 0.235. The maximum Gasteiger partial charge on any atom is 0.310 e. The van der Waals surface area contributed by atoms with Gasteiger partial charge in [-0.15, -0.1) is 0 Å². The van der Waals surface area contributed by atoms with Crippen molar-refractivity contribution < 1.29 is 38.1 Å². The molecule has 5 rings (SSSR count). The minimum absolute atomic E-state index is 0.0423. The molecule has 2 aliphatic heterocycles. The average molecular weight is 640 g/mol. The molecule has 1 saturated heterocycles. The van der Waals surface area contributed by atoms with Crippen LogP contribution in [0, 0.1) is 16.7 Å². The highest BCUT2D eigenvalue weighted by atomic mass is 35.5. The number of nitrogens with zero attached hydrogens (tertiary/aromatic N) is 3. The van der Waals surface area contributed by atoms with Crippen LogP contribution in [0.3, 0.4) is 0 Å². The lowest BCUT2D eigenvalue weighted by atomic mass is 9.65. The standard InChI is InChI=1S/C30H40ClF2N5O6/c1-29(28(42)43)8-3-4-20(39)24(29)27(41)38-11-7-16-17(31)5-6-21(44-14-18(34)25(26(32)33)36(2)35)23(16)19(38)13-37-15-30(9-10-30)12-22(37)40/h5-6,19-20,24,26,39H,3-4,7-15,34-35H2,1-2H3,(H,42,43)/b25-18-/t19?,20?,24?,29-/m0/s1. The van der Waals surface area contributed by atoms with Gasteiger partial charge in [-0.3, -0.25) is 14.4 Å². The number of alkyl halides is 2. The smallest absolute Gasteiger partial charge is 0.310 e. The monoisotopic (exact) mass is 639 g/mol. The SMILES string of the molecule is CN(N)/C(=C(\N)COc1ccc(Cl)c2c1C(CN1CC3(CC3)CC1=O)N(C(=O)C1C(O)CCC[C@]1(C)C(=O)O)CC2)C(F)F. The van der Waals surface area contributed by atoms with Crippen molar-refractivity contribution in [2.24, 2.45) is 28.3 Å². The molecule has 1 aromatic rings.